The summed E-state index contributed by atoms with van der Waals surface area (Å²) in [6, 6.07) is 5.70. The van der Waals surface area contributed by atoms with Crippen molar-refractivity contribution in [3.05, 3.63) is 36.4 Å². The van der Waals surface area contributed by atoms with E-state index in [0.29, 0.717) is 6.42 Å². The number of nitrogens with zero attached hydrogens (tertiary/aromatic N) is 1. The van der Waals surface area contributed by atoms with Crippen molar-refractivity contribution in [2.75, 3.05) is 17.2 Å². The molecule has 3 heteroatoms. The van der Waals surface area contributed by atoms with E-state index in [2.05, 4.69) is 6.58 Å². The lowest BCUT2D eigenvalue weighted by atomic mass is 10.1. The van der Waals surface area contributed by atoms with Crippen LogP contribution < -0.4 is 10.6 Å². The zero-order valence-electron chi connectivity index (χ0n) is 9.44. The molecule has 1 atom stereocenters. The van der Waals surface area contributed by atoms with Gasteiger partial charge in [0.2, 0.25) is 5.91 Å². The van der Waals surface area contributed by atoms with E-state index in [9.17, 15) is 4.79 Å². The second-order valence-corrected chi connectivity index (χ2v) is 4.25. The van der Waals surface area contributed by atoms with E-state index in [1.807, 2.05) is 31.2 Å². The van der Waals surface area contributed by atoms with Crippen molar-refractivity contribution in [1.29, 1.82) is 0 Å². The summed E-state index contributed by atoms with van der Waals surface area (Å²) in [5, 5.41) is 0. The average molecular weight is 216 g/mol. The molecule has 1 aliphatic heterocycles. The van der Waals surface area contributed by atoms with Crippen LogP contribution in [0.5, 0.6) is 0 Å². The summed E-state index contributed by atoms with van der Waals surface area (Å²) in [6.45, 7) is 6.41. The summed E-state index contributed by atoms with van der Waals surface area (Å²) in [5.41, 5.74) is 8.45. The summed E-state index contributed by atoms with van der Waals surface area (Å²) >= 11 is 0. The second-order valence-electron chi connectivity index (χ2n) is 4.25. The Hall–Kier alpha value is -1.77. The zero-order valence-corrected chi connectivity index (χ0v) is 9.44. The van der Waals surface area contributed by atoms with Crippen molar-refractivity contribution in [1.82, 2.24) is 0 Å². The predicted octanol–water partition coefficient (Wildman–Crippen LogP) is 2.12. The van der Waals surface area contributed by atoms with Crippen LogP contribution in [0.25, 0.3) is 0 Å². The Kier molecular flexibility index (Phi) is 2.69. The molecule has 1 aromatic carbocycles. The van der Waals surface area contributed by atoms with Gasteiger partial charge in [-0.25, -0.2) is 0 Å². The van der Waals surface area contributed by atoms with Crippen LogP contribution in [0.4, 0.5) is 11.4 Å². The monoisotopic (exact) mass is 216 g/mol. The number of hydrogen-bond acceptors (Lipinski definition) is 2. The molecule has 2 rings (SSSR count). The third-order valence-electron chi connectivity index (χ3n) is 3.05. The molecule has 84 valence electrons. The largest absolute Gasteiger partial charge is 0.399 e. The van der Waals surface area contributed by atoms with Crippen molar-refractivity contribution in [2.45, 2.75) is 13.3 Å². The van der Waals surface area contributed by atoms with Crippen molar-refractivity contribution >= 4 is 17.3 Å². The number of nitrogen functional groups attached to an aromatic ring is 1. The normalized spacial score (nSPS) is 20.2. The summed E-state index contributed by atoms with van der Waals surface area (Å²) in [5.74, 6) is 0.430. The zero-order chi connectivity index (χ0) is 11.7. The molecule has 0 saturated carbocycles. The van der Waals surface area contributed by atoms with E-state index in [0.717, 1.165) is 23.5 Å². The first-order chi connectivity index (χ1) is 7.61. The molecule has 1 amide bonds. The lowest BCUT2D eigenvalue weighted by Gasteiger charge is -2.17. The Morgan fingerprint density at radius 1 is 1.56 bits per heavy atom. The van der Waals surface area contributed by atoms with Crippen LogP contribution in [0.3, 0.4) is 0 Å². The second kappa shape index (κ2) is 4.00. The molecule has 0 spiro atoms. The van der Waals surface area contributed by atoms with E-state index in [1.165, 1.54) is 0 Å². The van der Waals surface area contributed by atoms with E-state index in [1.54, 1.807) is 4.90 Å². The minimum absolute atomic E-state index is 0.161. The van der Waals surface area contributed by atoms with Crippen molar-refractivity contribution in [3.8, 4) is 0 Å². The third-order valence-corrected chi connectivity index (χ3v) is 3.05. The molecule has 1 unspecified atom stereocenters. The molecular weight excluding hydrogens is 200 g/mol. The van der Waals surface area contributed by atoms with Gasteiger partial charge in [0.15, 0.2) is 0 Å². The minimum atomic E-state index is 0.161. The lowest BCUT2D eigenvalue weighted by molar-refractivity contribution is -0.117. The Labute approximate surface area is 95.6 Å². The van der Waals surface area contributed by atoms with Crippen LogP contribution in [0.15, 0.2) is 30.9 Å². The van der Waals surface area contributed by atoms with Gasteiger partial charge in [-0.05, 0) is 30.7 Å². The number of anilines is 2. The fraction of sp³-hybridized carbons (Fsp3) is 0.308. The summed E-state index contributed by atoms with van der Waals surface area (Å²) in [4.78, 5) is 13.6. The highest BCUT2D eigenvalue weighted by molar-refractivity contribution is 5.96. The van der Waals surface area contributed by atoms with Crippen molar-refractivity contribution < 1.29 is 4.79 Å². The Morgan fingerprint density at radius 3 is 2.88 bits per heavy atom. The molecule has 16 heavy (non-hydrogen) atoms. The molecule has 0 radical (unpaired) electrons. The first kappa shape index (κ1) is 10.7. The van der Waals surface area contributed by atoms with Gasteiger partial charge in [0.05, 0.1) is 0 Å². The number of carbonyl (C=O) groups is 1. The number of hydrogen-bond donors (Lipinski definition) is 1. The fourth-order valence-corrected chi connectivity index (χ4v) is 1.97. The quantitative estimate of drug-likeness (QED) is 0.608. The van der Waals surface area contributed by atoms with Gasteiger partial charge in [0.25, 0.3) is 0 Å². The smallest absolute Gasteiger partial charge is 0.227 e. The number of benzene rings is 1. The third kappa shape index (κ3) is 1.81. The van der Waals surface area contributed by atoms with Crippen LogP contribution in [0, 0.1) is 12.8 Å². The van der Waals surface area contributed by atoms with Gasteiger partial charge in [0.1, 0.15) is 0 Å². The average Bonchev–Trinajstić information content (AvgIpc) is 2.64. The van der Waals surface area contributed by atoms with Crippen LogP contribution >= 0.6 is 0 Å². The topological polar surface area (TPSA) is 46.3 Å². The number of rotatable bonds is 2. The lowest BCUT2D eigenvalue weighted by Crippen LogP contribution is -2.24. The molecule has 1 heterocycles. The van der Waals surface area contributed by atoms with Crippen molar-refractivity contribution in [2.24, 2.45) is 5.92 Å². The van der Waals surface area contributed by atoms with E-state index in [4.69, 9.17) is 5.73 Å². The number of aryl methyl sites for hydroxylation is 1. The molecule has 3 nitrogen and oxygen atoms in total. The first-order valence-electron chi connectivity index (χ1n) is 5.41. The van der Waals surface area contributed by atoms with Gasteiger partial charge in [0, 0.05) is 30.3 Å². The maximum absolute atomic E-state index is 11.8. The molecule has 0 bridgehead atoms. The van der Waals surface area contributed by atoms with Crippen LogP contribution in [-0.4, -0.2) is 12.5 Å². The van der Waals surface area contributed by atoms with Crippen LogP contribution in [0.1, 0.15) is 12.0 Å². The van der Waals surface area contributed by atoms with Gasteiger partial charge >= 0.3 is 0 Å². The van der Waals surface area contributed by atoms with Crippen LogP contribution in [-0.2, 0) is 4.79 Å². The fourth-order valence-electron chi connectivity index (χ4n) is 1.97. The highest BCUT2D eigenvalue weighted by Crippen LogP contribution is 2.27. The first-order valence-corrected chi connectivity index (χ1v) is 5.41. The van der Waals surface area contributed by atoms with Gasteiger partial charge in [-0.2, -0.15) is 0 Å². The molecule has 1 saturated heterocycles. The number of nitrogens with two attached hydrogens (primary N) is 1. The Bertz CT molecular complexity index is 440. The van der Waals surface area contributed by atoms with Gasteiger partial charge < -0.3 is 10.6 Å². The molecule has 1 fully saturated rings. The Morgan fingerprint density at radius 2 is 2.31 bits per heavy atom. The Balaban J connectivity index is 2.27. The minimum Gasteiger partial charge on any atom is -0.399 e. The number of amides is 1. The van der Waals surface area contributed by atoms with Gasteiger partial charge in [-0.15, -0.1) is 6.58 Å². The molecule has 0 aliphatic carbocycles. The van der Waals surface area contributed by atoms with Crippen molar-refractivity contribution in [3.63, 3.8) is 0 Å². The highest BCUT2D eigenvalue weighted by atomic mass is 16.2. The summed E-state index contributed by atoms with van der Waals surface area (Å²) < 4.78 is 0. The van der Waals surface area contributed by atoms with Gasteiger partial charge in [-0.1, -0.05) is 6.08 Å². The van der Waals surface area contributed by atoms with Crippen LogP contribution in [0.2, 0.25) is 0 Å². The predicted molar refractivity (Wildman–Crippen MR) is 66.2 cm³/mol. The molecule has 1 aliphatic rings. The standard InChI is InChI=1S/C13H16N2O/c1-3-10-7-13(16)15(8-10)11-4-5-12(14)9(2)6-11/h3-6,10H,1,7-8,14H2,2H3. The SMILES string of the molecule is C=CC1CC(=O)N(c2ccc(N)c(C)c2)C1. The van der Waals surface area contributed by atoms with Gasteiger partial charge in [-0.3, -0.25) is 4.79 Å². The molecule has 2 N–H and O–H groups in total. The van der Waals surface area contributed by atoms with E-state index >= 15 is 0 Å². The molecule has 0 aromatic heterocycles. The highest BCUT2D eigenvalue weighted by Gasteiger charge is 2.28. The summed E-state index contributed by atoms with van der Waals surface area (Å²) in [6.07, 6.45) is 2.41. The van der Waals surface area contributed by atoms with E-state index < -0.39 is 0 Å². The summed E-state index contributed by atoms with van der Waals surface area (Å²) in [7, 11) is 0. The van der Waals surface area contributed by atoms with E-state index in [-0.39, 0.29) is 11.8 Å². The maximum Gasteiger partial charge on any atom is 0.227 e. The maximum atomic E-state index is 11.8. The molecular formula is C13H16N2O. The number of carbonyl (C=O) groups excluding carboxylic acids is 1. The molecule has 1 aromatic rings.